The number of benzene rings is 1. The zero-order chi connectivity index (χ0) is 15.2. The second-order valence-corrected chi connectivity index (χ2v) is 4.26. The SMILES string of the molecule is COc1ccc(NC(=O)Cn2cc(NC(C)=O)nn2)cc1. The van der Waals surface area contributed by atoms with Crippen molar-refractivity contribution in [2.45, 2.75) is 13.5 Å². The van der Waals surface area contributed by atoms with Crippen LogP contribution in [0.4, 0.5) is 11.5 Å². The number of nitrogens with one attached hydrogen (secondary N) is 2. The first-order valence-electron chi connectivity index (χ1n) is 6.18. The number of ether oxygens (including phenoxy) is 1. The Labute approximate surface area is 121 Å². The molecule has 2 rings (SSSR count). The number of hydrogen-bond acceptors (Lipinski definition) is 5. The number of hydrogen-bond donors (Lipinski definition) is 2. The standard InChI is InChI=1S/C13H15N5O3/c1-9(19)14-12-7-18(17-16-12)8-13(20)15-10-3-5-11(21-2)6-4-10/h3-7H,8H2,1-2H3,(H,14,19)(H,15,20). The van der Waals surface area contributed by atoms with Crippen LogP contribution in [0.2, 0.25) is 0 Å². The fraction of sp³-hybridized carbons (Fsp3) is 0.231. The lowest BCUT2D eigenvalue weighted by atomic mass is 10.3. The van der Waals surface area contributed by atoms with Gasteiger partial charge in [-0.05, 0) is 24.3 Å². The van der Waals surface area contributed by atoms with Crippen LogP contribution < -0.4 is 15.4 Å². The van der Waals surface area contributed by atoms with Crippen LogP contribution in [0.3, 0.4) is 0 Å². The van der Waals surface area contributed by atoms with Gasteiger partial charge in [0.25, 0.3) is 0 Å². The van der Waals surface area contributed by atoms with E-state index in [-0.39, 0.29) is 18.4 Å². The summed E-state index contributed by atoms with van der Waals surface area (Å²) in [5.74, 6) is 0.521. The molecule has 0 bridgehead atoms. The van der Waals surface area contributed by atoms with Crippen LogP contribution in [-0.4, -0.2) is 33.9 Å². The third-order valence-corrected chi connectivity index (χ3v) is 2.52. The molecule has 0 saturated heterocycles. The highest BCUT2D eigenvalue weighted by atomic mass is 16.5. The largest absolute Gasteiger partial charge is 0.497 e. The fourth-order valence-electron chi connectivity index (χ4n) is 1.64. The molecule has 0 fully saturated rings. The smallest absolute Gasteiger partial charge is 0.246 e. The van der Waals surface area contributed by atoms with Crippen molar-refractivity contribution in [3.05, 3.63) is 30.5 Å². The van der Waals surface area contributed by atoms with Crippen molar-refractivity contribution < 1.29 is 14.3 Å². The summed E-state index contributed by atoms with van der Waals surface area (Å²) in [6, 6.07) is 6.97. The molecule has 0 radical (unpaired) electrons. The van der Waals surface area contributed by atoms with Gasteiger partial charge in [-0.25, -0.2) is 4.68 Å². The van der Waals surface area contributed by atoms with Gasteiger partial charge in [0.1, 0.15) is 12.3 Å². The van der Waals surface area contributed by atoms with Gasteiger partial charge < -0.3 is 15.4 Å². The predicted octanol–water partition coefficient (Wildman–Crippen LogP) is 0.884. The van der Waals surface area contributed by atoms with Gasteiger partial charge in [0, 0.05) is 12.6 Å². The third kappa shape index (κ3) is 4.30. The van der Waals surface area contributed by atoms with Crippen LogP contribution in [0, 0.1) is 0 Å². The Balaban J connectivity index is 1.91. The van der Waals surface area contributed by atoms with Crippen molar-refractivity contribution in [1.82, 2.24) is 15.0 Å². The van der Waals surface area contributed by atoms with E-state index in [0.717, 1.165) is 0 Å². The third-order valence-electron chi connectivity index (χ3n) is 2.52. The summed E-state index contributed by atoms with van der Waals surface area (Å²) in [6.07, 6.45) is 1.48. The highest BCUT2D eigenvalue weighted by Crippen LogP contribution is 2.14. The number of amides is 2. The quantitative estimate of drug-likeness (QED) is 0.851. The lowest BCUT2D eigenvalue weighted by molar-refractivity contribution is -0.117. The Morgan fingerprint density at radius 1 is 1.24 bits per heavy atom. The Hall–Kier alpha value is -2.90. The van der Waals surface area contributed by atoms with Crippen molar-refractivity contribution in [2.75, 3.05) is 17.7 Å². The minimum absolute atomic E-state index is 0.00138. The molecule has 2 N–H and O–H groups in total. The summed E-state index contributed by atoms with van der Waals surface area (Å²) >= 11 is 0. The molecule has 8 nitrogen and oxygen atoms in total. The molecule has 0 aliphatic rings. The molecule has 1 aromatic heterocycles. The van der Waals surface area contributed by atoms with Crippen LogP contribution >= 0.6 is 0 Å². The molecule has 21 heavy (non-hydrogen) atoms. The fourth-order valence-corrected chi connectivity index (χ4v) is 1.64. The second kappa shape index (κ2) is 6.51. The van der Waals surface area contributed by atoms with E-state index in [1.807, 2.05) is 0 Å². The van der Waals surface area contributed by atoms with Gasteiger partial charge in [-0.1, -0.05) is 5.21 Å². The molecular weight excluding hydrogens is 274 g/mol. The molecule has 1 heterocycles. The zero-order valence-corrected chi connectivity index (χ0v) is 11.7. The number of methoxy groups -OCH3 is 1. The Morgan fingerprint density at radius 2 is 1.95 bits per heavy atom. The van der Waals surface area contributed by atoms with Crippen molar-refractivity contribution >= 4 is 23.3 Å². The summed E-state index contributed by atoms with van der Waals surface area (Å²) in [5.41, 5.74) is 0.656. The van der Waals surface area contributed by atoms with E-state index in [1.54, 1.807) is 31.4 Å². The molecule has 0 atom stereocenters. The first-order valence-corrected chi connectivity index (χ1v) is 6.18. The highest BCUT2D eigenvalue weighted by molar-refractivity contribution is 5.90. The maximum atomic E-state index is 11.8. The number of nitrogens with zero attached hydrogens (tertiary/aromatic N) is 3. The van der Waals surface area contributed by atoms with E-state index in [9.17, 15) is 9.59 Å². The van der Waals surface area contributed by atoms with Gasteiger partial charge in [-0.3, -0.25) is 9.59 Å². The van der Waals surface area contributed by atoms with Gasteiger partial charge in [-0.2, -0.15) is 0 Å². The number of carbonyl (C=O) groups is 2. The number of carbonyl (C=O) groups excluding carboxylic acids is 2. The summed E-state index contributed by atoms with van der Waals surface area (Å²) in [4.78, 5) is 22.7. The van der Waals surface area contributed by atoms with Gasteiger partial charge in [-0.15, -0.1) is 5.10 Å². The first-order chi connectivity index (χ1) is 10.1. The lowest BCUT2D eigenvalue weighted by Gasteiger charge is -2.05. The molecular formula is C13H15N5O3. The first kappa shape index (κ1) is 14.5. The molecule has 0 spiro atoms. The Bertz CT molecular complexity index is 636. The molecule has 0 aliphatic heterocycles. The van der Waals surface area contributed by atoms with E-state index in [2.05, 4.69) is 20.9 Å². The van der Waals surface area contributed by atoms with Crippen LogP contribution in [0.25, 0.3) is 0 Å². The Kier molecular flexibility index (Phi) is 4.50. The average Bonchev–Trinajstić information content (AvgIpc) is 2.85. The van der Waals surface area contributed by atoms with E-state index in [0.29, 0.717) is 17.3 Å². The minimum atomic E-state index is -0.251. The normalized spacial score (nSPS) is 10.0. The van der Waals surface area contributed by atoms with Crippen molar-refractivity contribution in [2.24, 2.45) is 0 Å². The summed E-state index contributed by atoms with van der Waals surface area (Å²) in [7, 11) is 1.57. The molecule has 0 unspecified atom stereocenters. The van der Waals surface area contributed by atoms with E-state index in [4.69, 9.17) is 4.74 Å². The summed E-state index contributed by atoms with van der Waals surface area (Å²) in [5, 5.41) is 12.7. The predicted molar refractivity (Wildman–Crippen MR) is 75.9 cm³/mol. The van der Waals surface area contributed by atoms with Gasteiger partial charge in [0.2, 0.25) is 11.8 Å². The molecule has 0 aliphatic carbocycles. The zero-order valence-electron chi connectivity index (χ0n) is 11.7. The molecule has 1 aromatic carbocycles. The average molecular weight is 289 g/mol. The molecule has 0 saturated carbocycles. The van der Waals surface area contributed by atoms with Crippen LogP contribution in [-0.2, 0) is 16.1 Å². The number of aromatic nitrogens is 3. The van der Waals surface area contributed by atoms with E-state index >= 15 is 0 Å². The van der Waals surface area contributed by atoms with Crippen molar-refractivity contribution in [1.29, 1.82) is 0 Å². The van der Waals surface area contributed by atoms with Crippen LogP contribution in [0.15, 0.2) is 30.5 Å². The lowest BCUT2D eigenvalue weighted by Crippen LogP contribution is -2.19. The topological polar surface area (TPSA) is 98.1 Å². The summed E-state index contributed by atoms with van der Waals surface area (Å²) < 4.78 is 6.37. The molecule has 2 amide bonds. The molecule has 2 aromatic rings. The van der Waals surface area contributed by atoms with Crippen molar-refractivity contribution in [3.8, 4) is 5.75 Å². The van der Waals surface area contributed by atoms with Crippen molar-refractivity contribution in [3.63, 3.8) is 0 Å². The Morgan fingerprint density at radius 3 is 2.57 bits per heavy atom. The number of anilines is 2. The van der Waals surface area contributed by atoms with Crippen LogP contribution in [0.1, 0.15) is 6.92 Å². The van der Waals surface area contributed by atoms with Gasteiger partial charge in [0.05, 0.1) is 13.3 Å². The van der Waals surface area contributed by atoms with Gasteiger partial charge in [0.15, 0.2) is 5.82 Å². The minimum Gasteiger partial charge on any atom is -0.497 e. The highest BCUT2D eigenvalue weighted by Gasteiger charge is 2.07. The second-order valence-electron chi connectivity index (χ2n) is 4.26. The van der Waals surface area contributed by atoms with Crippen LogP contribution in [0.5, 0.6) is 5.75 Å². The van der Waals surface area contributed by atoms with E-state index in [1.165, 1.54) is 17.8 Å². The summed E-state index contributed by atoms with van der Waals surface area (Å²) in [6.45, 7) is 1.37. The number of rotatable bonds is 5. The monoisotopic (exact) mass is 289 g/mol. The van der Waals surface area contributed by atoms with E-state index < -0.39 is 0 Å². The molecule has 110 valence electrons. The maximum Gasteiger partial charge on any atom is 0.246 e. The van der Waals surface area contributed by atoms with Gasteiger partial charge >= 0.3 is 0 Å². The maximum absolute atomic E-state index is 11.8. The molecule has 8 heteroatoms.